The first-order valence-electron chi connectivity index (χ1n) is 2.65. The van der Waals surface area contributed by atoms with E-state index in [2.05, 4.69) is 21.8 Å². The molecule has 1 aliphatic heterocycles. The van der Waals surface area contributed by atoms with Gasteiger partial charge in [-0.3, -0.25) is 0 Å². The highest BCUT2D eigenvalue weighted by atomic mass is 127. The van der Waals surface area contributed by atoms with Gasteiger partial charge in [-0.15, -0.1) is 0 Å². The van der Waals surface area contributed by atoms with Crippen LogP contribution in [0.1, 0.15) is 12.8 Å². The fraction of sp³-hybridized carbons (Fsp3) is 1.00. The molecule has 0 spiro atoms. The summed E-state index contributed by atoms with van der Waals surface area (Å²) in [5.41, 5.74) is 0. The van der Waals surface area contributed by atoms with Crippen LogP contribution in [-0.2, 0) is 4.43 Å². The Labute approximate surface area is 58.4 Å². The van der Waals surface area contributed by atoms with Crippen molar-refractivity contribution in [2.45, 2.75) is 18.9 Å². The summed E-state index contributed by atoms with van der Waals surface area (Å²) in [4.78, 5) is 0. The molecule has 0 saturated carbocycles. The van der Waals surface area contributed by atoms with E-state index in [4.69, 9.17) is 4.43 Å². The van der Waals surface area contributed by atoms with Gasteiger partial charge in [0.15, 0.2) is 0 Å². The van der Waals surface area contributed by atoms with E-state index in [-0.39, 0.29) is 0 Å². The first-order valence-corrected chi connectivity index (χ1v) is 8.11. The molecule has 1 nitrogen and oxygen atoms in total. The minimum Gasteiger partial charge on any atom is -0.410 e. The van der Waals surface area contributed by atoms with E-state index < -0.39 is 6.54 Å². The molecule has 0 N–H and O–H groups in total. The average molecular weight is 228 g/mol. The first-order chi connectivity index (χ1) is 3.39. The van der Waals surface area contributed by atoms with Gasteiger partial charge in [-0.2, -0.15) is 0 Å². The molecule has 1 unspecified atom stereocenters. The highest BCUT2D eigenvalue weighted by Gasteiger charge is 2.10. The third-order valence-electron chi connectivity index (χ3n) is 1.12. The Morgan fingerprint density at radius 1 is 1.43 bits per heavy atom. The molecule has 0 aromatic heterocycles. The topological polar surface area (TPSA) is 9.23 Å². The molecule has 0 radical (unpaired) electrons. The summed E-state index contributed by atoms with van der Waals surface area (Å²) >= 11 is 2.47. The predicted octanol–water partition coefficient (Wildman–Crippen LogP) is 1.45. The molecule has 3 heteroatoms. The maximum absolute atomic E-state index is 5.40. The van der Waals surface area contributed by atoms with E-state index in [0.29, 0.717) is 0 Å². The Morgan fingerprint density at radius 2 is 2.29 bits per heavy atom. The van der Waals surface area contributed by atoms with Crippen molar-refractivity contribution >= 4 is 28.3 Å². The normalized spacial score (nSPS) is 33.0. The Kier molecular flexibility index (Phi) is 2.62. The fourth-order valence-electron chi connectivity index (χ4n) is 0.701. The van der Waals surface area contributed by atoms with E-state index in [9.17, 15) is 0 Å². The molecule has 7 heavy (non-hydrogen) atoms. The van der Waals surface area contributed by atoms with Crippen LogP contribution in [0.3, 0.4) is 0 Å². The minimum atomic E-state index is -0.625. The third-order valence-corrected chi connectivity index (χ3v) is 5.53. The molecular formula is C4H9IOSi. The van der Waals surface area contributed by atoms with Gasteiger partial charge in [0.1, 0.15) is 0 Å². The lowest BCUT2D eigenvalue weighted by molar-refractivity contribution is 0.302. The van der Waals surface area contributed by atoms with Crippen LogP contribution >= 0.6 is 21.8 Å². The monoisotopic (exact) mass is 228 g/mol. The van der Waals surface area contributed by atoms with E-state index in [1.807, 2.05) is 0 Å². The number of hydrogen-bond acceptors (Lipinski definition) is 1. The molecule has 1 rings (SSSR count). The smallest absolute Gasteiger partial charge is 0.243 e. The lowest BCUT2D eigenvalue weighted by Crippen LogP contribution is -2.15. The maximum atomic E-state index is 5.40. The van der Waals surface area contributed by atoms with Gasteiger partial charge in [0.2, 0.25) is 6.54 Å². The highest BCUT2D eigenvalue weighted by Crippen LogP contribution is 2.14. The van der Waals surface area contributed by atoms with Gasteiger partial charge in [0.05, 0.1) is 0 Å². The number of hydrogen-bond donors (Lipinski definition) is 0. The Morgan fingerprint density at radius 3 is 2.57 bits per heavy atom. The molecular weight excluding hydrogens is 219 g/mol. The number of rotatable bonds is 0. The summed E-state index contributed by atoms with van der Waals surface area (Å²) in [6.07, 6.45) is 2.71. The highest BCUT2D eigenvalue weighted by molar-refractivity contribution is 14.1. The second kappa shape index (κ2) is 3.04. The van der Waals surface area contributed by atoms with Gasteiger partial charge in [0, 0.05) is 6.61 Å². The van der Waals surface area contributed by atoms with Gasteiger partial charge in [-0.25, -0.2) is 0 Å². The quantitative estimate of drug-likeness (QED) is 0.346. The van der Waals surface area contributed by atoms with Crippen molar-refractivity contribution < 1.29 is 4.43 Å². The summed E-state index contributed by atoms with van der Waals surface area (Å²) < 4.78 is 5.40. The van der Waals surface area contributed by atoms with E-state index in [1.165, 1.54) is 18.9 Å². The lowest BCUT2D eigenvalue weighted by Gasteiger charge is -2.14. The summed E-state index contributed by atoms with van der Waals surface area (Å²) in [6, 6.07) is 1.39. The van der Waals surface area contributed by atoms with Crippen LogP contribution in [0.25, 0.3) is 0 Å². The molecule has 0 aliphatic carbocycles. The molecule has 0 aromatic carbocycles. The first kappa shape index (κ1) is 6.03. The summed E-state index contributed by atoms with van der Waals surface area (Å²) in [5.74, 6) is 0. The second-order valence-electron chi connectivity index (χ2n) is 1.78. The van der Waals surface area contributed by atoms with Crippen LogP contribution < -0.4 is 0 Å². The Hall–Kier alpha value is 0.907. The average Bonchev–Trinajstić information content (AvgIpc) is 1.69. The van der Waals surface area contributed by atoms with Crippen LogP contribution in [0.4, 0.5) is 0 Å². The van der Waals surface area contributed by atoms with Crippen LogP contribution in [-0.4, -0.2) is 13.1 Å². The van der Waals surface area contributed by atoms with Crippen molar-refractivity contribution in [3.8, 4) is 0 Å². The van der Waals surface area contributed by atoms with Crippen molar-refractivity contribution in [3.63, 3.8) is 0 Å². The summed E-state index contributed by atoms with van der Waals surface area (Å²) in [6.45, 7) is 0.417. The molecule has 1 atom stereocenters. The van der Waals surface area contributed by atoms with E-state index in [1.54, 1.807) is 0 Å². The Balaban J connectivity index is 2.12. The van der Waals surface area contributed by atoms with Crippen molar-refractivity contribution in [1.29, 1.82) is 0 Å². The van der Waals surface area contributed by atoms with Crippen LogP contribution in [0.5, 0.6) is 0 Å². The van der Waals surface area contributed by atoms with Crippen molar-refractivity contribution in [3.05, 3.63) is 0 Å². The summed E-state index contributed by atoms with van der Waals surface area (Å²) in [5, 5.41) is 0. The molecule has 0 aromatic rings. The van der Waals surface area contributed by atoms with Crippen molar-refractivity contribution in [2.24, 2.45) is 0 Å². The SMILES string of the molecule is I[SiH]1CCCCO1. The maximum Gasteiger partial charge on any atom is 0.243 e. The van der Waals surface area contributed by atoms with Crippen LogP contribution in [0.15, 0.2) is 0 Å². The van der Waals surface area contributed by atoms with Gasteiger partial charge in [0.25, 0.3) is 0 Å². The lowest BCUT2D eigenvalue weighted by atomic mass is 10.4. The Bertz CT molecular complexity index is 53.7. The third kappa shape index (κ3) is 2.10. The second-order valence-corrected chi connectivity index (χ2v) is 7.68. The van der Waals surface area contributed by atoms with E-state index in [0.717, 1.165) is 6.61 Å². The zero-order valence-electron chi connectivity index (χ0n) is 4.19. The van der Waals surface area contributed by atoms with Gasteiger partial charge >= 0.3 is 0 Å². The van der Waals surface area contributed by atoms with Gasteiger partial charge < -0.3 is 4.43 Å². The van der Waals surface area contributed by atoms with Crippen molar-refractivity contribution in [2.75, 3.05) is 6.61 Å². The molecule has 42 valence electrons. The van der Waals surface area contributed by atoms with Crippen LogP contribution in [0, 0.1) is 0 Å². The standard InChI is InChI=1S/C4H9IOSi/c5-7-4-2-1-3-6-7/h7H,1-4H2. The molecule has 0 amide bonds. The molecule has 1 heterocycles. The molecule has 0 bridgehead atoms. The fourth-order valence-corrected chi connectivity index (χ4v) is 3.98. The minimum absolute atomic E-state index is 0.625. The van der Waals surface area contributed by atoms with Gasteiger partial charge in [-0.1, -0.05) is 28.2 Å². The predicted molar refractivity (Wildman–Crippen MR) is 41.2 cm³/mol. The van der Waals surface area contributed by atoms with Crippen molar-refractivity contribution in [1.82, 2.24) is 0 Å². The van der Waals surface area contributed by atoms with Crippen LogP contribution in [0.2, 0.25) is 6.04 Å². The zero-order valence-corrected chi connectivity index (χ0v) is 7.50. The van der Waals surface area contributed by atoms with Gasteiger partial charge in [-0.05, 0) is 12.5 Å². The molecule has 1 saturated heterocycles. The van der Waals surface area contributed by atoms with E-state index >= 15 is 0 Å². The zero-order chi connectivity index (χ0) is 5.11. The molecule has 1 fully saturated rings. The molecule has 1 aliphatic rings. The summed E-state index contributed by atoms with van der Waals surface area (Å²) in [7, 11) is 0. The largest absolute Gasteiger partial charge is 0.410 e. The number of halogens is 1.